The highest BCUT2D eigenvalue weighted by molar-refractivity contribution is 9.10. The van der Waals surface area contributed by atoms with E-state index in [-0.39, 0.29) is 5.92 Å². The van der Waals surface area contributed by atoms with Crippen LogP contribution in [0.4, 0.5) is 0 Å². The van der Waals surface area contributed by atoms with Crippen molar-refractivity contribution in [1.82, 2.24) is 9.97 Å². The predicted octanol–water partition coefficient (Wildman–Crippen LogP) is 3.13. The molecule has 0 aliphatic rings. The molecule has 1 unspecified atom stereocenters. The van der Waals surface area contributed by atoms with E-state index in [1.54, 1.807) is 6.92 Å². The Labute approximate surface area is 115 Å². The van der Waals surface area contributed by atoms with Gasteiger partial charge in [-0.1, -0.05) is 26.1 Å². The number of H-pyrrole nitrogens is 1. The Kier molecular flexibility index (Phi) is 4.49. The molecule has 0 saturated heterocycles. The number of hydrogen-bond acceptors (Lipinski definition) is 4. The minimum absolute atomic E-state index is 0.208. The second kappa shape index (κ2) is 5.16. The Hall–Kier alpha value is -0.270. The molecule has 1 aromatic heterocycles. The summed E-state index contributed by atoms with van der Waals surface area (Å²) in [5.74, 6) is 0.601. The van der Waals surface area contributed by atoms with E-state index in [2.05, 4.69) is 25.9 Å². The Balaban J connectivity index is 3.44. The first-order chi connectivity index (χ1) is 7.64. The standard InChI is InChI=1S/C10H15BrN2O2S2/c1-5(2)8-7(11)10(16)13-9(12-8)6(3)17(4,14)15/h5-6H,1-4H3,(H,12,13,16). The number of aromatic nitrogens is 2. The summed E-state index contributed by atoms with van der Waals surface area (Å²) >= 11 is 8.48. The molecule has 0 aromatic carbocycles. The number of aromatic amines is 1. The monoisotopic (exact) mass is 338 g/mol. The molecule has 0 saturated carbocycles. The van der Waals surface area contributed by atoms with Crippen LogP contribution in [0.5, 0.6) is 0 Å². The lowest BCUT2D eigenvalue weighted by molar-refractivity contribution is 0.588. The molecular formula is C10H15BrN2O2S2. The summed E-state index contributed by atoms with van der Waals surface area (Å²) in [4.78, 5) is 7.17. The predicted molar refractivity (Wildman–Crippen MR) is 74.5 cm³/mol. The van der Waals surface area contributed by atoms with Gasteiger partial charge in [0.15, 0.2) is 9.84 Å². The highest BCUT2D eigenvalue weighted by Gasteiger charge is 2.21. The molecule has 1 aromatic rings. The second-order valence-electron chi connectivity index (χ2n) is 4.28. The van der Waals surface area contributed by atoms with Crippen LogP contribution in [0.2, 0.25) is 0 Å². The minimum atomic E-state index is -3.18. The molecule has 0 fully saturated rings. The largest absolute Gasteiger partial charge is 0.345 e. The maximum atomic E-state index is 11.5. The van der Waals surface area contributed by atoms with Gasteiger partial charge in [-0.2, -0.15) is 0 Å². The van der Waals surface area contributed by atoms with E-state index in [0.29, 0.717) is 10.5 Å². The van der Waals surface area contributed by atoms with Crippen molar-refractivity contribution in [3.8, 4) is 0 Å². The van der Waals surface area contributed by atoms with Crippen molar-refractivity contribution in [3.63, 3.8) is 0 Å². The van der Waals surface area contributed by atoms with Gasteiger partial charge in [0.05, 0.1) is 4.47 Å². The average molecular weight is 339 g/mol. The maximum Gasteiger partial charge on any atom is 0.157 e. The highest BCUT2D eigenvalue weighted by Crippen LogP contribution is 2.26. The van der Waals surface area contributed by atoms with E-state index in [1.807, 2.05) is 13.8 Å². The summed E-state index contributed by atoms with van der Waals surface area (Å²) in [6.45, 7) is 5.60. The number of rotatable bonds is 3. The molecule has 1 rings (SSSR count). The summed E-state index contributed by atoms with van der Waals surface area (Å²) in [5.41, 5.74) is 0.871. The quantitative estimate of drug-likeness (QED) is 0.860. The smallest absolute Gasteiger partial charge is 0.157 e. The molecule has 1 N–H and O–H groups in total. The summed E-state index contributed by atoms with van der Waals surface area (Å²) in [7, 11) is -3.18. The molecule has 1 atom stereocenters. The number of hydrogen-bond donors (Lipinski definition) is 1. The molecule has 96 valence electrons. The van der Waals surface area contributed by atoms with Gasteiger partial charge in [-0.15, -0.1) is 0 Å². The van der Waals surface area contributed by atoms with Crippen LogP contribution in [0.25, 0.3) is 0 Å². The van der Waals surface area contributed by atoms with Crippen molar-refractivity contribution in [2.24, 2.45) is 0 Å². The van der Waals surface area contributed by atoms with Crippen LogP contribution < -0.4 is 0 Å². The van der Waals surface area contributed by atoms with Gasteiger partial charge in [-0.3, -0.25) is 0 Å². The molecule has 0 amide bonds. The third kappa shape index (κ3) is 3.35. The summed E-state index contributed by atoms with van der Waals surface area (Å²) in [6, 6.07) is 0. The van der Waals surface area contributed by atoms with Crippen LogP contribution in [0.3, 0.4) is 0 Å². The Morgan fingerprint density at radius 3 is 2.29 bits per heavy atom. The molecule has 0 bridgehead atoms. The number of nitrogens with one attached hydrogen (secondary N) is 1. The SMILES string of the molecule is CC(C)c1[nH]c(C(C)S(C)(=O)=O)nc(=S)c1Br. The average Bonchev–Trinajstić information content (AvgIpc) is 2.19. The maximum absolute atomic E-state index is 11.5. The lowest BCUT2D eigenvalue weighted by atomic mass is 10.1. The number of nitrogens with zero attached hydrogens (tertiary/aromatic N) is 1. The lowest BCUT2D eigenvalue weighted by Crippen LogP contribution is -2.13. The lowest BCUT2D eigenvalue weighted by Gasteiger charge is -2.14. The third-order valence-corrected chi connectivity index (χ3v) is 5.38. The van der Waals surface area contributed by atoms with Crippen molar-refractivity contribution in [1.29, 1.82) is 0 Å². The van der Waals surface area contributed by atoms with Crippen LogP contribution in [0, 0.1) is 4.64 Å². The summed E-state index contributed by atoms with van der Waals surface area (Å²) in [5, 5.41) is -0.685. The van der Waals surface area contributed by atoms with Crippen molar-refractivity contribution >= 4 is 38.0 Å². The molecule has 0 aliphatic heterocycles. The molecule has 0 aliphatic carbocycles. The first-order valence-corrected chi connectivity index (χ1v) is 8.28. The van der Waals surface area contributed by atoms with Crippen molar-refractivity contribution in [2.75, 3.05) is 6.26 Å². The van der Waals surface area contributed by atoms with Gasteiger partial charge in [0, 0.05) is 11.9 Å². The van der Waals surface area contributed by atoms with E-state index in [1.165, 1.54) is 6.26 Å². The summed E-state index contributed by atoms with van der Waals surface area (Å²) < 4.78 is 24.1. The van der Waals surface area contributed by atoms with Gasteiger partial charge >= 0.3 is 0 Å². The first kappa shape index (κ1) is 14.8. The Morgan fingerprint density at radius 2 is 1.88 bits per heavy atom. The zero-order valence-corrected chi connectivity index (χ0v) is 13.3. The van der Waals surface area contributed by atoms with Gasteiger partial charge < -0.3 is 4.98 Å². The van der Waals surface area contributed by atoms with Gasteiger partial charge in [0.25, 0.3) is 0 Å². The molecule has 17 heavy (non-hydrogen) atoms. The highest BCUT2D eigenvalue weighted by atomic mass is 79.9. The van der Waals surface area contributed by atoms with Crippen LogP contribution in [-0.2, 0) is 9.84 Å². The fourth-order valence-corrected chi connectivity index (χ4v) is 2.66. The van der Waals surface area contributed by atoms with Gasteiger partial charge in [0.2, 0.25) is 0 Å². The van der Waals surface area contributed by atoms with E-state index in [9.17, 15) is 8.42 Å². The zero-order valence-electron chi connectivity index (χ0n) is 10.1. The molecule has 1 heterocycles. The Bertz CT molecular complexity index is 578. The van der Waals surface area contributed by atoms with Gasteiger partial charge in [0.1, 0.15) is 15.7 Å². The fraction of sp³-hybridized carbons (Fsp3) is 0.600. The van der Waals surface area contributed by atoms with Crippen LogP contribution in [-0.4, -0.2) is 24.6 Å². The van der Waals surface area contributed by atoms with Crippen molar-refractivity contribution in [2.45, 2.75) is 31.9 Å². The second-order valence-corrected chi connectivity index (χ2v) is 7.83. The van der Waals surface area contributed by atoms with Crippen LogP contribution >= 0.6 is 28.1 Å². The fourth-order valence-electron chi connectivity index (χ4n) is 1.29. The summed E-state index contributed by atoms with van der Waals surface area (Å²) in [6.07, 6.45) is 1.19. The molecule has 0 spiro atoms. The number of halogens is 1. The molecule has 0 radical (unpaired) electrons. The number of sulfone groups is 1. The van der Waals surface area contributed by atoms with Crippen molar-refractivity contribution in [3.05, 3.63) is 20.6 Å². The van der Waals surface area contributed by atoms with E-state index < -0.39 is 15.1 Å². The molecule has 7 heteroatoms. The van der Waals surface area contributed by atoms with Crippen LogP contribution in [0.15, 0.2) is 4.47 Å². The van der Waals surface area contributed by atoms with E-state index >= 15 is 0 Å². The van der Waals surface area contributed by atoms with Gasteiger partial charge in [-0.25, -0.2) is 13.4 Å². The van der Waals surface area contributed by atoms with Gasteiger partial charge in [-0.05, 0) is 28.8 Å². The van der Waals surface area contributed by atoms with Crippen molar-refractivity contribution < 1.29 is 8.42 Å². The third-order valence-electron chi connectivity index (χ3n) is 2.51. The van der Waals surface area contributed by atoms with E-state index in [0.717, 1.165) is 10.2 Å². The Morgan fingerprint density at radius 1 is 1.35 bits per heavy atom. The minimum Gasteiger partial charge on any atom is -0.345 e. The molecular weight excluding hydrogens is 324 g/mol. The molecule has 4 nitrogen and oxygen atoms in total. The first-order valence-electron chi connectivity index (χ1n) is 5.13. The topological polar surface area (TPSA) is 62.8 Å². The van der Waals surface area contributed by atoms with E-state index in [4.69, 9.17) is 12.2 Å². The van der Waals surface area contributed by atoms with Crippen LogP contribution in [0.1, 0.15) is 43.5 Å². The normalized spacial score (nSPS) is 14.0. The zero-order chi connectivity index (χ0) is 13.4.